The van der Waals surface area contributed by atoms with Crippen LogP contribution in [0.3, 0.4) is 0 Å². The Morgan fingerprint density at radius 3 is 2.57 bits per heavy atom. The van der Waals surface area contributed by atoms with Crippen molar-refractivity contribution in [2.45, 2.75) is 13.0 Å². The number of rotatable bonds is 6. The Hall–Kier alpha value is -2.56. The lowest BCUT2D eigenvalue weighted by Crippen LogP contribution is -2.10. The highest BCUT2D eigenvalue weighted by Crippen LogP contribution is 2.12. The number of hydrogen-bond donors (Lipinski definition) is 0. The van der Waals surface area contributed by atoms with E-state index < -0.39 is 6.16 Å². The van der Waals surface area contributed by atoms with Crippen molar-refractivity contribution in [1.29, 1.82) is 0 Å². The highest BCUT2D eigenvalue weighted by molar-refractivity contribution is 5.59. The normalized spacial score (nSPS) is 9.95. The fourth-order valence-corrected chi connectivity index (χ4v) is 1.70. The number of benzene rings is 1. The molecule has 0 N–H and O–H groups in total. The molecule has 0 fully saturated rings. The molecule has 0 unspecified atom stereocenters. The molecule has 110 valence electrons. The number of nitrogens with zero attached hydrogens (tertiary/aromatic N) is 1. The maximum Gasteiger partial charge on any atom is 0.508 e. The zero-order valence-electron chi connectivity index (χ0n) is 11.8. The maximum atomic E-state index is 11.4. The van der Waals surface area contributed by atoms with Gasteiger partial charge in [-0.15, -0.1) is 0 Å². The molecule has 1 heterocycles. The lowest BCUT2D eigenvalue weighted by atomic mass is 10.2. The van der Waals surface area contributed by atoms with Crippen LogP contribution in [0.25, 0.3) is 0 Å². The molecule has 1 aromatic carbocycles. The molecule has 5 nitrogen and oxygen atoms in total. The van der Waals surface area contributed by atoms with E-state index in [1.165, 1.54) is 0 Å². The summed E-state index contributed by atoms with van der Waals surface area (Å²) in [6, 6.07) is 11.1. The third kappa shape index (κ3) is 5.14. The molecule has 2 aromatic rings. The van der Waals surface area contributed by atoms with E-state index in [-0.39, 0.29) is 13.2 Å². The van der Waals surface area contributed by atoms with E-state index in [0.717, 1.165) is 16.9 Å². The SMILES string of the molecule is COc1ccc(COC(=O)OCCc2cccnc2)cc1. The quantitative estimate of drug-likeness (QED) is 0.764. The molecule has 0 aliphatic heterocycles. The standard InChI is InChI=1S/C16H17NO4/c1-19-15-6-4-14(5-7-15)12-21-16(18)20-10-8-13-3-2-9-17-11-13/h2-7,9,11H,8,10,12H2,1H3. The van der Waals surface area contributed by atoms with Gasteiger partial charge < -0.3 is 14.2 Å². The highest BCUT2D eigenvalue weighted by atomic mass is 16.7. The van der Waals surface area contributed by atoms with Crippen LogP contribution in [0, 0.1) is 0 Å². The lowest BCUT2D eigenvalue weighted by molar-refractivity contribution is 0.0507. The number of pyridine rings is 1. The van der Waals surface area contributed by atoms with Crippen molar-refractivity contribution in [3.8, 4) is 5.75 Å². The zero-order chi connectivity index (χ0) is 14.9. The lowest BCUT2D eigenvalue weighted by Gasteiger charge is -2.07. The van der Waals surface area contributed by atoms with Crippen LogP contribution in [0.2, 0.25) is 0 Å². The van der Waals surface area contributed by atoms with Gasteiger partial charge >= 0.3 is 6.16 Å². The van der Waals surface area contributed by atoms with Crippen LogP contribution in [0.15, 0.2) is 48.8 Å². The predicted molar refractivity (Wildman–Crippen MR) is 77.1 cm³/mol. The summed E-state index contributed by atoms with van der Waals surface area (Å²) in [5.74, 6) is 0.762. The van der Waals surface area contributed by atoms with Gasteiger partial charge in [0.1, 0.15) is 12.4 Å². The second-order valence-corrected chi connectivity index (χ2v) is 4.35. The molecule has 21 heavy (non-hydrogen) atoms. The number of hydrogen-bond acceptors (Lipinski definition) is 5. The third-order valence-electron chi connectivity index (χ3n) is 2.85. The molecule has 5 heteroatoms. The molecule has 0 radical (unpaired) electrons. The average Bonchev–Trinajstić information content (AvgIpc) is 2.54. The molecule has 2 rings (SSSR count). The average molecular weight is 287 g/mol. The summed E-state index contributed by atoms with van der Waals surface area (Å²) in [4.78, 5) is 15.4. The Morgan fingerprint density at radius 1 is 1.10 bits per heavy atom. The number of carbonyl (C=O) groups excluding carboxylic acids is 1. The summed E-state index contributed by atoms with van der Waals surface area (Å²) in [6.07, 6.45) is 3.39. The largest absolute Gasteiger partial charge is 0.508 e. The molecule has 1 aromatic heterocycles. The van der Waals surface area contributed by atoms with Crippen LogP contribution in [0.4, 0.5) is 4.79 Å². The zero-order valence-corrected chi connectivity index (χ0v) is 11.8. The highest BCUT2D eigenvalue weighted by Gasteiger charge is 2.05. The fourth-order valence-electron chi connectivity index (χ4n) is 1.70. The van der Waals surface area contributed by atoms with Crippen LogP contribution in [0.5, 0.6) is 5.75 Å². The van der Waals surface area contributed by atoms with Gasteiger partial charge in [-0.3, -0.25) is 4.98 Å². The summed E-state index contributed by atoms with van der Waals surface area (Å²) in [7, 11) is 1.60. The molecule has 0 atom stereocenters. The van der Waals surface area contributed by atoms with Crippen molar-refractivity contribution in [2.75, 3.05) is 13.7 Å². The van der Waals surface area contributed by atoms with Gasteiger partial charge in [-0.05, 0) is 29.3 Å². The van der Waals surface area contributed by atoms with E-state index in [9.17, 15) is 4.79 Å². The van der Waals surface area contributed by atoms with Crippen molar-refractivity contribution in [2.24, 2.45) is 0 Å². The maximum absolute atomic E-state index is 11.4. The summed E-state index contributed by atoms with van der Waals surface area (Å²) in [6.45, 7) is 0.447. The summed E-state index contributed by atoms with van der Waals surface area (Å²) in [5.41, 5.74) is 1.89. The first kappa shape index (κ1) is 14.8. The van der Waals surface area contributed by atoms with Gasteiger partial charge in [-0.1, -0.05) is 18.2 Å². The van der Waals surface area contributed by atoms with Crippen LogP contribution >= 0.6 is 0 Å². The number of methoxy groups -OCH3 is 1. The first-order valence-corrected chi connectivity index (χ1v) is 6.59. The van der Waals surface area contributed by atoms with Crippen molar-refractivity contribution >= 4 is 6.16 Å². The number of carbonyl (C=O) groups is 1. The summed E-state index contributed by atoms with van der Waals surface area (Å²) < 4.78 is 15.1. The summed E-state index contributed by atoms with van der Waals surface area (Å²) in [5, 5.41) is 0. The Labute approximate surface area is 123 Å². The van der Waals surface area contributed by atoms with Crippen molar-refractivity contribution < 1.29 is 19.0 Å². The van der Waals surface area contributed by atoms with Crippen LogP contribution in [-0.4, -0.2) is 24.9 Å². The molecule has 0 spiro atoms. The Morgan fingerprint density at radius 2 is 1.90 bits per heavy atom. The van der Waals surface area contributed by atoms with Crippen molar-refractivity contribution in [1.82, 2.24) is 4.98 Å². The molecule has 0 bridgehead atoms. The molecular weight excluding hydrogens is 270 g/mol. The van der Waals surface area contributed by atoms with Crippen LogP contribution in [0.1, 0.15) is 11.1 Å². The molecule has 0 aliphatic carbocycles. The first-order chi connectivity index (χ1) is 10.3. The minimum Gasteiger partial charge on any atom is -0.497 e. The predicted octanol–water partition coefficient (Wildman–Crippen LogP) is 2.99. The van der Waals surface area contributed by atoms with Gasteiger partial charge in [-0.25, -0.2) is 4.79 Å². The Kier molecular flexibility index (Phi) is 5.58. The number of aromatic nitrogens is 1. The minimum absolute atomic E-state index is 0.176. The first-order valence-electron chi connectivity index (χ1n) is 6.59. The van der Waals surface area contributed by atoms with E-state index in [0.29, 0.717) is 6.42 Å². The smallest absolute Gasteiger partial charge is 0.497 e. The molecular formula is C16H17NO4. The van der Waals surface area contributed by atoms with E-state index >= 15 is 0 Å². The van der Waals surface area contributed by atoms with Crippen molar-refractivity contribution in [3.63, 3.8) is 0 Å². The summed E-state index contributed by atoms with van der Waals surface area (Å²) >= 11 is 0. The van der Waals surface area contributed by atoms with Gasteiger partial charge in [0.15, 0.2) is 0 Å². The van der Waals surface area contributed by atoms with Crippen molar-refractivity contribution in [3.05, 3.63) is 59.9 Å². The topological polar surface area (TPSA) is 57.7 Å². The van der Waals surface area contributed by atoms with Crippen LogP contribution in [-0.2, 0) is 22.5 Å². The Balaban J connectivity index is 1.67. The van der Waals surface area contributed by atoms with Gasteiger partial charge in [-0.2, -0.15) is 0 Å². The van der Waals surface area contributed by atoms with E-state index in [1.54, 1.807) is 19.5 Å². The second kappa shape index (κ2) is 7.89. The van der Waals surface area contributed by atoms with Gasteiger partial charge in [0, 0.05) is 18.8 Å². The molecule has 0 saturated heterocycles. The van der Waals surface area contributed by atoms with Gasteiger partial charge in [0.2, 0.25) is 0 Å². The third-order valence-corrected chi connectivity index (χ3v) is 2.85. The van der Waals surface area contributed by atoms with Gasteiger partial charge in [0.05, 0.1) is 13.7 Å². The van der Waals surface area contributed by atoms with E-state index in [4.69, 9.17) is 14.2 Å². The van der Waals surface area contributed by atoms with Gasteiger partial charge in [0.25, 0.3) is 0 Å². The van der Waals surface area contributed by atoms with E-state index in [2.05, 4.69) is 4.98 Å². The van der Waals surface area contributed by atoms with E-state index in [1.807, 2.05) is 36.4 Å². The Bertz CT molecular complexity index is 554. The molecule has 0 saturated carbocycles. The molecule has 0 aliphatic rings. The van der Waals surface area contributed by atoms with Crippen LogP contribution < -0.4 is 4.74 Å². The minimum atomic E-state index is -0.672. The fraction of sp³-hybridized carbons (Fsp3) is 0.250. The molecule has 0 amide bonds. The number of ether oxygens (including phenoxy) is 3. The second-order valence-electron chi connectivity index (χ2n) is 4.35. The monoisotopic (exact) mass is 287 g/mol.